The van der Waals surface area contributed by atoms with E-state index in [4.69, 9.17) is 4.74 Å². The number of nitrogens with one attached hydrogen (secondary N) is 2. The van der Waals surface area contributed by atoms with E-state index >= 15 is 0 Å². The van der Waals surface area contributed by atoms with Crippen molar-refractivity contribution in [3.8, 4) is 5.75 Å². The number of guanidine groups is 1. The summed E-state index contributed by atoms with van der Waals surface area (Å²) in [4.78, 5) is 19.1. The van der Waals surface area contributed by atoms with Crippen LogP contribution in [0.15, 0.2) is 47.5 Å². The fraction of sp³-hybridized carbons (Fsp3) is 0.417. The van der Waals surface area contributed by atoms with Crippen LogP contribution in [0.4, 0.5) is 0 Å². The predicted molar refractivity (Wildman–Crippen MR) is 136 cm³/mol. The number of hydrogen-bond donors (Lipinski definition) is 2. The lowest BCUT2D eigenvalue weighted by Crippen LogP contribution is -2.38. The molecule has 2 aromatic carbocycles. The third-order valence-corrected chi connectivity index (χ3v) is 5.25. The Hall–Kier alpha value is -2.29. The van der Waals surface area contributed by atoms with Crippen LogP contribution in [0.5, 0.6) is 5.75 Å². The van der Waals surface area contributed by atoms with Crippen molar-refractivity contribution in [2.24, 2.45) is 4.99 Å². The summed E-state index contributed by atoms with van der Waals surface area (Å²) in [6.45, 7) is 7.55. The second-order valence-corrected chi connectivity index (χ2v) is 7.56. The van der Waals surface area contributed by atoms with Crippen LogP contribution in [0.2, 0.25) is 0 Å². The maximum Gasteiger partial charge on any atom is 0.223 e. The number of ether oxygens (including phenoxy) is 1. The highest BCUT2D eigenvalue weighted by molar-refractivity contribution is 14.0. The van der Waals surface area contributed by atoms with Crippen molar-refractivity contribution in [3.63, 3.8) is 0 Å². The van der Waals surface area contributed by atoms with Gasteiger partial charge in [0.2, 0.25) is 5.91 Å². The molecule has 3 rings (SSSR count). The molecule has 0 radical (unpaired) electrons. The Morgan fingerprint density at radius 3 is 2.48 bits per heavy atom. The number of fused-ring (bicyclic) bond motifs is 1. The van der Waals surface area contributed by atoms with Crippen molar-refractivity contribution in [1.29, 1.82) is 0 Å². The molecule has 2 aromatic rings. The first kappa shape index (κ1) is 25.0. The first-order valence-corrected chi connectivity index (χ1v) is 10.6. The lowest BCUT2D eigenvalue weighted by atomic mass is 10.1. The minimum Gasteiger partial charge on any atom is -0.496 e. The summed E-state index contributed by atoms with van der Waals surface area (Å²) < 4.78 is 5.46. The summed E-state index contributed by atoms with van der Waals surface area (Å²) in [6.07, 6.45) is 1.30. The van der Waals surface area contributed by atoms with Crippen LogP contribution >= 0.6 is 24.0 Å². The molecule has 0 atom stereocenters. The third kappa shape index (κ3) is 7.12. The van der Waals surface area contributed by atoms with Crippen LogP contribution in [0.25, 0.3) is 0 Å². The van der Waals surface area contributed by atoms with E-state index in [0.29, 0.717) is 19.5 Å². The van der Waals surface area contributed by atoms with E-state index in [0.717, 1.165) is 48.9 Å². The van der Waals surface area contributed by atoms with Gasteiger partial charge in [-0.15, -0.1) is 24.0 Å². The van der Waals surface area contributed by atoms with Gasteiger partial charge in [0.05, 0.1) is 13.7 Å². The molecular formula is C24H33IN4O2. The fourth-order valence-corrected chi connectivity index (χ4v) is 3.60. The highest BCUT2D eigenvalue weighted by Gasteiger charge is 2.22. The standard InChI is InChI=1S/C24H32N4O2.HI/c1-4-25-24(27-15-19-12-11-18(2)14-22(19)30-3)26-13-7-10-23(29)28-16-20-8-5-6-9-21(20)17-28;/h5-6,8-9,11-12,14H,4,7,10,13,15-17H2,1-3H3,(H2,25,26,27);1H. The second kappa shape index (κ2) is 12.5. The van der Waals surface area contributed by atoms with Gasteiger partial charge in [-0.1, -0.05) is 36.4 Å². The Morgan fingerprint density at radius 2 is 1.84 bits per heavy atom. The Balaban J connectivity index is 0.00000341. The maximum absolute atomic E-state index is 12.5. The highest BCUT2D eigenvalue weighted by Crippen LogP contribution is 2.23. The predicted octanol–water partition coefficient (Wildman–Crippen LogP) is 4.00. The number of amides is 1. The van der Waals surface area contributed by atoms with Gasteiger partial charge < -0.3 is 20.3 Å². The molecule has 0 saturated heterocycles. The number of aryl methyl sites for hydroxylation is 1. The summed E-state index contributed by atoms with van der Waals surface area (Å²) >= 11 is 0. The first-order valence-electron chi connectivity index (χ1n) is 10.6. The molecule has 6 nitrogen and oxygen atoms in total. The number of carbonyl (C=O) groups excluding carboxylic acids is 1. The lowest BCUT2D eigenvalue weighted by molar-refractivity contribution is -0.131. The number of rotatable bonds is 8. The molecule has 2 N–H and O–H groups in total. The van der Waals surface area contributed by atoms with Crippen LogP contribution in [-0.2, 0) is 24.4 Å². The highest BCUT2D eigenvalue weighted by atomic mass is 127. The fourth-order valence-electron chi connectivity index (χ4n) is 3.60. The molecule has 1 aliphatic rings. The molecule has 0 fully saturated rings. The molecule has 1 aliphatic heterocycles. The van der Waals surface area contributed by atoms with Gasteiger partial charge >= 0.3 is 0 Å². The van der Waals surface area contributed by atoms with Gasteiger partial charge in [0, 0.05) is 38.2 Å². The minimum atomic E-state index is 0. The maximum atomic E-state index is 12.5. The Bertz CT molecular complexity index is 876. The number of benzene rings is 2. The number of halogens is 1. The zero-order valence-electron chi connectivity index (χ0n) is 18.6. The molecule has 0 spiro atoms. The number of methoxy groups -OCH3 is 1. The largest absolute Gasteiger partial charge is 0.496 e. The van der Waals surface area contributed by atoms with E-state index in [1.807, 2.05) is 43.0 Å². The Labute approximate surface area is 202 Å². The Kier molecular flexibility index (Phi) is 10.1. The number of aliphatic imine (C=N–C) groups is 1. The van der Waals surface area contributed by atoms with Crippen LogP contribution in [0, 0.1) is 6.92 Å². The molecule has 0 saturated carbocycles. The summed E-state index contributed by atoms with van der Waals surface area (Å²) in [7, 11) is 1.68. The van der Waals surface area contributed by atoms with Crippen LogP contribution in [0.3, 0.4) is 0 Å². The molecular weight excluding hydrogens is 503 g/mol. The summed E-state index contributed by atoms with van der Waals surface area (Å²) in [6, 6.07) is 14.4. The molecule has 1 amide bonds. The quantitative estimate of drug-likeness (QED) is 0.232. The van der Waals surface area contributed by atoms with Crippen molar-refractivity contribution >= 4 is 35.8 Å². The summed E-state index contributed by atoms with van der Waals surface area (Å²) in [5.41, 5.74) is 4.73. The van der Waals surface area contributed by atoms with Crippen LogP contribution in [0.1, 0.15) is 42.0 Å². The van der Waals surface area contributed by atoms with Crippen molar-refractivity contribution in [1.82, 2.24) is 15.5 Å². The zero-order valence-corrected chi connectivity index (χ0v) is 20.9. The van der Waals surface area contributed by atoms with Gasteiger partial charge in [0.15, 0.2) is 5.96 Å². The van der Waals surface area contributed by atoms with Crippen molar-refractivity contribution in [2.45, 2.75) is 46.3 Å². The second-order valence-electron chi connectivity index (χ2n) is 7.56. The van der Waals surface area contributed by atoms with Crippen LogP contribution in [-0.4, -0.2) is 37.0 Å². The Morgan fingerprint density at radius 1 is 1.13 bits per heavy atom. The zero-order chi connectivity index (χ0) is 21.3. The van der Waals surface area contributed by atoms with Gasteiger partial charge in [0.25, 0.3) is 0 Å². The monoisotopic (exact) mass is 536 g/mol. The van der Waals surface area contributed by atoms with Crippen molar-refractivity contribution in [2.75, 3.05) is 20.2 Å². The van der Waals surface area contributed by atoms with Gasteiger partial charge in [-0.05, 0) is 43.0 Å². The topological polar surface area (TPSA) is 66.0 Å². The minimum absolute atomic E-state index is 0. The third-order valence-electron chi connectivity index (χ3n) is 5.25. The lowest BCUT2D eigenvalue weighted by Gasteiger charge is -2.16. The molecule has 0 aliphatic carbocycles. The van der Waals surface area contributed by atoms with Gasteiger partial charge in [-0.3, -0.25) is 4.79 Å². The molecule has 0 aromatic heterocycles. The van der Waals surface area contributed by atoms with E-state index in [2.05, 4.69) is 33.8 Å². The summed E-state index contributed by atoms with van der Waals surface area (Å²) in [5.74, 6) is 1.81. The average molecular weight is 536 g/mol. The van der Waals surface area contributed by atoms with Gasteiger partial charge in [-0.2, -0.15) is 0 Å². The number of carbonyl (C=O) groups is 1. The van der Waals surface area contributed by atoms with Gasteiger partial charge in [-0.25, -0.2) is 4.99 Å². The van der Waals surface area contributed by atoms with E-state index in [1.54, 1.807) is 7.11 Å². The summed E-state index contributed by atoms with van der Waals surface area (Å²) in [5, 5.41) is 6.59. The molecule has 31 heavy (non-hydrogen) atoms. The molecule has 0 bridgehead atoms. The van der Waals surface area contributed by atoms with Gasteiger partial charge in [0.1, 0.15) is 5.75 Å². The molecule has 7 heteroatoms. The SMILES string of the molecule is CCNC(=NCc1ccc(C)cc1OC)NCCCC(=O)N1Cc2ccccc2C1.I. The van der Waals surface area contributed by atoms with E-state index < -0.39 is 0 Å². The van der Waals surface area contributed by atoms with Crippen molar-refractivity contribution < 1.29 is 9.53 Å². The molecule has 168 valence electrons. The smallest absolute Gasteiger partial charge is 0.223 e. The average Bonchev–Trinajstić information content (AvgIpc) is 3.19. The molecule has 1 heterocycles. The number of nitrogens with zero attached hydrogens (tertiary/aromatic N) is 2. The van der Waals surface area contributed by atoms with E-state index in [1.165, 1.54) is 11.1 Å². The van der Waals surface area contributed by atoms with Crippen molar-refractivity contribution in [3.05, 3.63) is 64.7 Å². The first-order chi connectivity index (χ1) is 14.6. The molecule has 0 unspecified atom stereocenters. The number of hydrogen-bond acceptors (Lipinski definition) is 3. The van der Waals surface area contributed by atoms with E-state index in [-0.39, 0.29) is 29.9 Å². The normalized spacial score (nSPS) is 12.7. The van der Waals surface area contributed by atoms with Crippen LogP contribution < -0.4 is 15.4 Å². The van der Waals surface area contributed by atoms with E-state index in [9.17, 15) is 4.79 Å².